The molecule has 2 N–H and O–H groups in total. The molecule has 0 fully saturated rings. The first kappa shape index (κ1) is 12.4. The van der Waals surface area contributed by atoms with Gasteiger partial charge in [0.1, 0.15) is 5.52 Å². The Morgan fingerprint density at radius 1 is 1.59 bits per heavy atom. The standard InChI is InChI=1S/C11H8ClIN2O2/c12-7-4-8(13)11(17-5-9(14)16)10-6(7)2-1-3-15-10/h1-4H,5H2,(H2,14,16). The Bertz CT molecular complexity index is 589. The van der Waals surface area contributed by atoms with Crippen LogP contribution in [0.5, 0.6) is 5.75 Å². The number of carbonyl (C=O) groups excluding carboxylic acids is 1. The summed E-state index contributed by atoms with van der Waals surface area (Å²) in [5.41, 5.74) is 5.68. The zero-order valence-corrected chi connectivity index (χ0v) is 11.5. The number of benzene rings is 1. The smallest absolute Gasteiger partial charge is 0.255 e. The summed E-state index contributed by atoms with van der Waals surface area (Å²) in [6.45, 7) is -0.177. The normalized spacial score (nSPS) is 10.5. The number of pyridine rings is 1. The Balaban J connectivity index is 2.57. The molecule has 0 aliphatic carbocycles. The van der Waals surface area contributed by atoms with Gasteiger partial charge in [0.25, 0.3) is 5.91 Å². The fourth-order valence-corrected chi connectivity index (χ4v) is 2.60. The van der Waals surface area contributed by atoms with E-state index >= 15 is 0 Å². The van der Waals surface area contributed by atoms with Gasteiger partial charge in [0, 0.05) is 11.6 Å². The number of halogens is 2. The van der Waals surface area contributed by atoms with Crippen LogP contribution in [-0.2, 0) is 4.79 Å². The summed E-state index contributed by atoms with van der Waals surface area (Å²) in [5, 5.41) is 1.39. The number of nitrogens with two attached hydrogens (primary N) is 1. The number of hydrogen-bond donors (Lipinski definition) is 1. The van der Waals surface area contributed by atoms with Crippen LogP contribution >= 0.6 is 34.2 Å². The zero-order valence-electron chi connectivity index (χ0n) is 8.61. The summed E-state index contributed by atoms with van der Waals surface area (Å²) in [4.78, 5) is 14.9. The first-order valence-corrected chi connectivity index (χ1v) is 6.19. The quantitative estimate of drug-likeness (QED) is 0.853. The second-order valence-corrected chi connectivity index (χ2v) is 4.89. The van der Waals surface area contributed by atoms with Crippen molar-refractivity contribution in [1.29, 1.82) is 0 Å². The Hall–Kier alpha value is -1.08. The Morgan fingerprint density at radius 3 is 3.06 bits per heavy atom. The molecule has 0 spiro atoms. The zero-order chi connectivity index (χ0) is 12.4. The largest absolute Gasteiger partial charge is 0.480 e. The van der Waals surface area contributed by atoms with Crippen LogP contribution in [0.2, 0.25) is 5.02 Å². The number of carbonyl (C=O) groups is 1. The number of amides is 1. The van der Waals surface area contributed by atoms with E-state index in [-0.39, 0.29) is 6.61 Å². The highest BCUT2D eigenvalue weighted by Gasteiger charge is 2.12. The van der Waals surface area contributed by atoms with Crippen LogP contribution in [0.1, 0.15) is 0 Å². The molecule has 2 aromatic rings. The van der Waals surface area contributed by atoms with Gasteiger partial charge in [-0.3, -0.25) is 9.78 Å². The van der Waals surface area contributed by atoms with Crippen LogP contribution in [0.3, 0.4) is 0 Å². The fraction of sp³-hybridized carbons (Fsp3) is 0.0909. The molecule has 1 aromatic heterocycles. The number of rotatable bonds is 3. The van der Waals surface area contributed by atoms with E-state index in [1.165, 1.54) is 0 Å². The Labute approximate surface area is 116 Å². The van der Waals surface area contributed by atoms with Crippen molar-refractivity contribution < 1.29 is 9.53 Å². The van der Waals surface area contributed by atoms with E-state index in [9.17, 15) is 4.79 Å². The molecule has 0 bridgehead atoms. The average Bonchev–Trinajstić information content (AvgIpc) is 2.28. The van der Waals surface area contributed by atoms with Crippen molar-refractivity contribution in [2.45, 2.75) is 0 Å². The SMILES string of the molecule is NC(=O)COc1c(I)cc(Cl)c2cccnc12. The van der Waals surface area contributed by atoms with Crippen LogP contribution in [-0.4, -0.2) is 17.5 Å². The summed E-state index contributed by atoms with van der Waals surface area (Å²) in [6.07, 6.45) is 1.64. The van der Waals surface area contributed by atoms with E-state index in [1.807, 2.05) is 6.07 Å². The lowest BCUT2D eigenvalue weighted by atomic mass is 10.2. The first-order valence-electron chi connectivity index (χ1n) is 4.73. The summed E-state index contributed by atoms with van der Waals surface area (Å²) >= 11 is 8.18. The lowest BCUT2D eigenvalue weighted by Gasteiger charge is -2.10. The van der Waals surface area contributed by atoms with Crippen molar-refractivity contribution in [3.8, 4) is 5.75 Å². The number of nitrogens with zero attached hydrogens (tertiary/aromatic N) is 1. The summed E-state index contributed by atoms with van der Waals surface area (Å²) in [7, 11) is 0. The molecule has 4 nitrogen and oxygen atoms in total. The van der Waals surface area contributed by atoms with Gasteiger partial charge in [-0.2, -0.15) is 0 Å². The van der Waals surface area contributed by atoms with Crippen LogP contribution in [0, 0.1) is 3.57 Å². The Kier molecular flexibility index (Phi) is 3.68. The number of fused-ring (bicyclic) bond motifs is 1. The molecule has 1 aromatic carbocycles. The lowest BCUT2D eigenvalue weighted by Crippen LogP contribution is -2.20. The first-order chi connectivity index (χ1) is 8.09. The lowest BCUT2D eigenvalue weighted by molar-refractivity contribution is -0.119. The molecular weight excluding hydrogens is 354 g/mol. The molecule has 0 saturated heterocycles. The van der Waals surface area contributed by atoms with E-state index in [0.717, 1.165) is 8.96 Å². The highest BCUT2D eigenvalue weighted by molar-refractivity contribution is 14.1. The number of aromatic nitrogens is 1. The molecule has 2 rings (SSSR count). The maximum Gasteiger partial charge on any atom is 0.255 e. The van der Waals surface area contributed by atoms with Gasteiger partial charge in [-0.15, -0.1) is 0 Å². The number of ether oxygens (including phenoxy) is 1. The summed E-state index contributed by atoms with van der Waals surface area (Å²) < 4.78 is 6.16. The van der Waals surface area contributed by atoms with Gasteiger partial charge in [0.2, 0.25) is 0 Å². The van der Waals surface area contributed by atoms with Gasteiger partial charge in [-0.25, -0.2) is 0 Å². The highest BCUT2D eigenvalue weighted by Crippen LogP contribution is 2.34. The Morgan fingerprint density at radius 2 is 2.35 bits per heavy atom. The van der Waals surface area contributed by atoms with E-state index in [2.05, 4.69) is 27.6 Å². The molecule has 17 heavy (non-hydrogen) atoms. The van der Waals surface area contributed by atoms with Gasteiger partial charge in [-0.1, -0.05) is 11.6 Å². The van der Waals surface area contributed by atoms with Crippen molar-refractivity contribution in [2.75, 3.05) is 6.61 Å². The van der Waals surface area contributed by atoms with E-state index in [0.29, 0.717) is 16.3 Å². The molecule has 6 heteroatoms. The van der Waals surface area contributed by atoms with Gasteiger partial charge in [0.05, 0.1) is 8.59 Å². The maximum atomic E-state index is 10.7. The predicted octanol–water partition coefficient (Wildman–Crippen LogP) is 2.36. The van der Waals surface area contributed by atoms with Gasteiger partial charge in [0.15, 0.2) is 12.4 Å². The van der Waals surface area contributed by atoms with Crippen molar-refractivity contribution in [3.05, 3.63) is 33.0 Å². The number of primary amides is 1. The third-order valence-corrected chi connectivity index (χ3v) is 3.22. The molecule has 0 aliphatic heterocycles. The van der Waals surface area contributed by atoms with Crippen LogP contribution in [0.15, 0.2) is 24.4 Å². The third-order valence-electron chi connectivity index (χ3n) is 2.11. The van der Waals surface area contributed by atoms with E-state index in [4.69, 9.17) is 22.1 Å². The molecule has 0 unspecified atom stereocenters. The monoisotopic (exact) mass is 362 g/mol. The minimum absolute atomic E-state index is 0.177. The van der Waals surface area contributed by atoms with Crippen LogP contribution in [0.25, 0.3) is 10.9 Å². The van der Waals surface area contributed by atoms with E-state index in [1.54, 1.807) is 18.3 Å². The second-order valence-electron chi connectivity index (χ2n) is 3.32. The van der Waals surface area contributed by atoms with Crippen LogP contribution < -0.4 is 10.5 Å². The molecule has 0 atom stereocenters. The summed E-state index contributed by atoms with van der Waals surface area (Å²) in [5.74, 6) is 0.00392. The van der Waals surface area contributed by atoms with E-state index < -0.39 is 5.91 Å². The predicted molar refractivity (Wildman–Crippen MR) is 74.2 cm³/mol. The minimum Gasteiger partial charge on any atom is -0.480 e. The fourth-order valence-electron chi connectivity index (χ4n) is 1.43. The second kappa shape index (κ2) is 5.05. The number of hydrogen-bond acceptors (Lipinski definition) is 3. The topological polar surface area (TPSA) is 65.2 Å². The molecule has 0 saturated carbocycles. The molecule has 88 valence electrons. The van der Waals surface area contributed by atoms with Crippen LogP contribution in [0.4, 0.5) is 0 Å². The van der Waals surface area contributed by atoms with Crippen molar-refractivity contribution >= 4 is 51.0 Å². The third kappa shape index (κ3) is 2.61. The van der Waals surface area contributed by atoms with Crippen molar-refractivity contribution in [1.82, 2.24) is 4.98 Å². The van der Waals surface area contributed by atoms with Crippen molar-refractivity contribution in [3.63, 3.8) is 0 Å². The minimum atomic E-state index is -0.528. The molecule has 0 radical (unpaired) electrons. The molecule has 1 amide bonds. The van der Waals surface area contributed by atoms with Gasteiger partial charge in [-0.05, 0) is 40.8 Å². The molecule has 1 heterocycles. The van der Waals surface area contributed by atoms with Crippen molar-refractivity contribution in [2.24, 2.45) is 5.73 Å². The van der Waals surface area contributed by atoms with Gasteiger partial charge < -0.3 is 10.5 Å². The molecule has 0 aliphatic rings. The highest BCUT2D eigenvalue weighted by atomic mass is 127. The summed E-state index contributed by atoms with van der Waals surface area (Å²) in [6, 6.07) is 5.40. The van der Waals surface area contributed by atoms with Gasteiger partial charge >= 0.3 is 0 Å². The maximum absolute atomic E-state index is 10.7. The average molecular weight is 363 g/mol. The molecular formula is C11H8ClIN2O2.